The van der Waals surface area contributed by atoms with Gasteiger partial charge in [0.25, 0.3) is 0 Å². The Balaban J connectivity index is 2.17. The highest BCUT2D eigenvalue weighted by Gasteiger charge is 2.21. The number of hydrogen-bond donors (Lipinski definition) is 1. The molecule has 0 aromatic heterocycles. The molecule has 0 spiro atoms. The van der Waals surface area contributed by atoms with Crippen molar-refractivity contribution in [3.05, 3.63) is 35.4 Å². The fourth-order valence-electron chi connectivity index (χ4n) is 1.59. The maximum absolute atomic E-state index is 9.79. The van der Waals surface area contributed by atoms with Crippen molar-refractivity contribution >= 4 is 11.8 Å². The smallest absolute Gasteiger partial charge is 0.0840 e. The van der Waals surface area contributed by atoms with Crippen molar-refractivity contribution in [2.24, 2.45) is 0 Å². The largest absolute Gasteiger partial charge is 0.386 e. The van der Waals surface area contributed by atoms with Gasteiger partial charge in [0.05, 0.1) is 5.60 Å². The summed E-state index contributed by atoms with van der Waals surface area (Å²) in [7, 11) is 0. The molecule has 1 fully saturated rings. The maximum Gasteiger partial charge on any atom is 0.0840 e. The van der Waals surface area contributed by atoms with Gasteiger partial charge in [0.1, 0.15) is 0 Å². The van der Waals surface area contributed by atoms with Gasteiger partial charge in [-0.1, -0.05) is 24.3 Å². The van der Waals surface area contributed by atoms with E-state index in [1.54, 1.807) is 0 Å². The molecule has 2 heteroatoms. The Morgan fingerprint density at radius 2 is 1.79 bits per heavy atom. The van der Waals surface area contributed by atoms with Crippen LogP contribution in [0.2, 0.25) is 0 Å². The zero-order chi connectivity index (χ0) is 10.2. The van der Waals surface area contributed by atoms with Crippen LogP contribution >= 0.6 is 11.8 Å². The van der Waals surface area contributed by atoms with Gasteiger partial charge in [0, 0.05) is 17.4 Å². The van der Waals surface area contributed by atoms with Gasteiger partial charge in [-0.2, -0.15) is 11.8 Å². The Kier molecular flexibility index (Phi) is 2.58. The van der Waals surface area contributed by atoms with E-state index in [9.17, 15) is 5.11 Å². The lowest BCUT2D eigenvalue weighted by Crippen LogP contribution is -2.17. The molecular formula is C12H16OS. The molecule has 0 bridgehead atoms. The van der Waals surface area contributed by atoms with Crippen LogP contribution in [0, 0.1) is 0 Å². The van der Waals surface area contributed by atoms with Crippen LogP contribution in [0.1, 0.15) is 30.9 Å². The zero-order valence-corrected chi connectivity index (χ0v) is 9.47. The molecule has 0 saturated carbocycles. The van der Waals surface area contributed by atoms with Gasteiger partial charge in [-0.15, -0.1) is 0 Å². The molecule has 76 valence electrons. The Bertz CT molecular complexity index is 306. The average molecular weight is 208 g/mol. The van der Waals surface area contributed by atoms with E-state index in [1.807, 2.05) is 37.7 Å². The van der Waals surface area contributed by atoms with E-state index >= 15 is 0 Å². The van der Waals surface area contributed by atoms with Crippen molar-refractivity contribution in [1.29, 1.82) is 0 Å². The van der Waals surface area contributed by atoms with Gasteiger partial charge in [-0.25, -0.2) is 0 Å². The summed E-state index contributed by atoms with van der Waals surface area (Å²) in [6, 6.07) is 8.38. The Morgan fingerprint density at radius 1 is 1.21 bits per heavy atom. The van der Waals surface area contributed by atoms with Crippen LogP contribution in [0.15, 0.2) is 24.3 Å². The molecule has 0 radical (unpaired) electrons. The van der Waals surface area contributed by atoms with E-state index in [0.29, 0.717) is 0 Å². The molecule has 1 nitrogen and oxygen atoms in total. The highest BCUT2D eigenvalue weighted by molar-refractivity contribution is 8.00. The number of hydrogen-bond acceptors (Lipinski definition) is 2. The van der Waals surface area contributed by atoms with Crippen LogP contribution in [0.4, 0.5) is 0 Å². The van der Waals surface area contributed by atoms with Crippen molar-refractivity contribution in [1.82, 2.24) is 0 Å². The second-order valence-corrected chi connectivity index (χ2v) is 5.49. The molecule has 1 aromatic rings. The number of thioether (sulfide) groups is 1. The topological polar surface area (TPSA) is 20.2 Å². The third-order valence-electron chi connectivity index (χ3n) is 2.73. The minimum Gasteiger partial charge on any atom is -0.386 e. The van der Waals surface area contributed by atoms with Crippen molar-refractivity contribution in [3.63, 3.8) is 0 Å². The van der Waals surface area contributed by atoms with Gasteiger partial charge in [-0.3, -0.25) is 0 Å². The predicted molar refractivity (Wildman–Crippen MR) is 61.8 cm³/mol. The van der Waals surface area contributed by atoms with Crippen LogP contribution in [0.3, 0.4) is 0 Å². The van der Waals surface area contributed by atoms with Crippen LogP contribution in [0.25, 0.3) is 0 Å². The highest BCUT2D eigenvalue weighted by atomic mass is 32.2. The molecular weight excluding hydrogens is 192 g/mol. The molecule has 2 rings (SSSR count). The summed E-state index contributed by atoms with van der Waals surface area (Å²) in [5.74, 6) is 3.25. The van der Waals surface area contributed by atoms with Gasteiger partial charge >= 0.3 is 0 Å². The Labute approximate surface area is 89.5 Å². The number of rotatable bonds is 2. The number of benzene rings is 1. The Morgan fingerprint density at radius 3 is 2.14 bits per heavy atom. The summed E-state index contributed by atoms with van der Waals surface area (Å²) in [5, 5.41) is 9.79. The highest BCUT2D eigenvalue weighted by Crippen LogP contribution is 2.34. The van der Waals surface area contributed by atoms with Gasteiger partial charge in [-0.05, 0) is 25.0 Å². The standard InChI is InChI=1S/C12H16OS/c1-12(2,13)11-5-3-9(4-6-11)10-7-14-8-10/h3-6,10,13H,7-8H2,1-2H3. The first-order chi connectivity index (χ1) is 6.57. The molecule has 1 aliphatic rings. The van der Waals surface area contributed by atoms with Crippen LogP contribution < -0.4 is 0 Å². The summed E-state index contributed by atoms with van der Waals surface area (Å²) in [5.41, 5.74) is 1.69. The van der Waals surface area contributed by atoms with Crippen molar-refractivity contribution < 1.29 is 5.11 Å². The molecule has 0 unspecified atom stereocenters. The predicted octanol–water partition coefficient (Wildman–Crippen LogP) is 2.74. The van der Waals surface area contributed by atoms with E-state index in [-0.39, 0.29) is 0 Å². The minimum atomic E-state index is -0.715. The van der Waals surface area contributed by atoms with E-state index in [0.717, 1.165) is 11.5 Å². The fourth-order valence-corrected chi connectivity index (χ4v) is 2.45. The first-order valence-electron chi connectivity index (χ1n) is 4.98. The van der Waals surface area contributed by atoms with Crippen LogP contribution in [0.5, 0.6) is 0 Å². The average Bonchev–Trinajstić information content (AvgIpc) is 2.00. The molecule has 1 aliphatic heterocycles. The van der Waals surface area contributed by atoms with Gasteiger partial charge in [0.15, 0.2) is 0 Å². The maximum atomic E-state index is 9.79. The molecule has 1 saturated heterocycles. The molecule has 1 aromatic carbocycles. The summed E-state index contributed by atoms with van der Waals surface area (Å²) in [4.78, 5) is 0. The Hall–Kier alpha value is -0.470. The van der Waals surface area contributed by atoms with E-state index < -0.39 is 5.60 Å². The summed E-state index contributed by atoms with van der Waals surface area (Å²) in [6.07, 6.45) is 0. The SMILES string of the molecule is CC(C)(O)c1ccc(C2CSC2)cc1. The van der Waals surface area contributed by atoms with Gasteiger partial charge < -0.3 is 5.11 Å². The third-order valence-corrected chi connectivity index (χ3v) is 4.00. The monoisotopic (exact) mass is 208 g/mol. The van der Waals surface area contributed by atoms with Crippen LogP contribution in [-0.4, -0.2) is 16.6 Å². The van der Waals surface area contributed by atoms with E-state index in [2.05, 4.69) is 12.1 Å². The molecule has 14 heavy (non-hydrogen) atoms. The lowest BCUT2D eigenvalue weighted by atomic mass is 9.94. The molecule has 1 N–H and O–H groups in total. The van der Waals surface area contributed by atoms with Crippen molar-refractivity contribution in [3.8, 4) is 0 Å². The fraction of sp³-hybridized carbons (Fsp3) is 0.500. The quantitative estimate of drug-likeness (QED) is 0.806. The summed E-state index contributed by atoms with van der Waals surface area (Å²) >= 11 is 2.00. The van der Waals surface area contributed by atoms with E-state index in [4.69, 9.17) is 0 Å². The first kappa shape index (κ1) is 10.1. The minimum absolute atomic E-state index is 0.715. The molecule has 0 atom stereocenters. The van der Waals surface area contributed by atoms with Crippen molar-refractivity contribution in [2.75, 3.05) is 11.5 Å². The third kappa shape index (κ3) is 1.96. The van der Waals surface area contributed by atoms with Gasteiger partial charge in [0.2, 0.25) is 0 Å². The lowest BCUT2D eigenvalue weighted by Gasteiger charge is -2.26. The second-order valence-electron chi connectivity index (χ2n) is 4.42. The number of aliphatic hydroxyl groups is 1. The summed E-state index contributed by atoms with van der Waals surface area (Å²) in [6.45, 7) is 3.64. The van der Waals surface area contributed by atoms with E-state index in [1.165, 1.54) is 17.1 Å². The molecule has 0 amide bonds. The van der Waals surface area contributed by atoms with Crippen molar-refractivity contribution in [2.45, 2.75) is 25.4 Å². The zero-order valence-electron chi connectivity index (χ0n) is 8.66. The second kappa shape index (κ2) is 3.59. The normalized spacial score (nSPS) is 17.9. The van der Waals surface area contributed by atoms with Crippen LogP contribution in [-0.2, 0) is 5.60 Å². The first-order valence-corrected chi connectivity index (χ1v) is 6.13. The molecule has 0 aliphatic carbocycles. The lowest BCUT2D eigenvalue weighted by molar-refractivity contribution is 0.0786. The molecule has 1 heterocycles. The summed E-state index contributed by atoms with van der Waals surface area (Å²) < 4.78 is 0.